The first kappa shape index (κ1) is 13.7. The Bertz CT molecular complexity index is 547. The van der Waals surface area contributed by atoms with Crippen molar-refractivity contribution in [2.75, 3.05) is 18.1 Å². The van der Waals surface area contributed by atoms with Gasteiger partial charge in [0.15, 0.2) is 0 Å². The van der Waals surface area contributed by atoms with Crippen LogP contribution in [0, 0.1) is 0 Å². The lowest BCUT2D eigenvalue weighted by Gasteiger charge is -2.21. The molecule has 1 aliphatic rings. The molecule has 1 fully saturated rings. The largest absolute Gasteiger partial charge is 0.460 e. The summed E-state index contributed by atoms with van der Waals surface area (Å²) >= 11 is 1.82. The van der Waals surface area contributed by atoms with Crippen molar-refractivity contribution in [2.45, 2.75) is 18.6 Å². The van der Waals surface area contributed by atoms with Crippen LogP contribution >= 0.6 is 11.8 Å². The maximum absolute atomic E-state index is 10.2. The lowest BCUT2D eigenvalue weighted by Crippen LogP contribution is -2.40. The molecule has 20 heavy (non-hydrogen) atoms. The van der Waals surface area contributed by atoms with Crippen LogP contribution in [0.4, 0.5) is 0 Å². The topological polar surface area (TPSA) is 45.4 Å². The molecule has 1 aromatic carbocycles. The molecular weight excluding hydrogens is 270 g/mol. The van der Waals surface area contributed by atoms with E-state index >= 15 is 0 Å². The van der Waals surface area contributed by atoms with Crippen molar-refractivity contribution >= 4 is 11.8 Å². The van der Waals surface area contributed by atoms with Gasteiger partial charge >= 0.3 is 0 Å². The smallest absolute Gasteiger partial charge is 0.134 e. The van der Waals surface area contributed by atoms with E-state index in [1.807, 2.05) is 54.2 Å². The highest BCUT2D eigenvalue weighted by Gasteiger charge is 2.31. The van der Waals surface area contributed by atoms with Gasteiger partial charge in [0.2, 0.25) is 0 Å². The fraction of sp³-hybridized carbons (Fsp3) is 0.375. The van der Waals surface area contributed by atoms with Gasteiger partial charge in [-0.3, -0.25) is 0 Å². The van der Waals surface area contributed by atoms with E-state index < -0.39 is 5.60 Å². The van der Waals surface area contributed by atoms with Crippen LogP contribution in [-0.2, 0) is 6.54 Å². The molecule has 1 aromatic heterocycles. The molecule has 0 bridgehead atoms. The Balaban J connectivity index is 1.55. The normalized spacial score (nSPS) is 22.2. The fourth-order valence-corrected chi connectivity index (χ4v) is 3.68. The quantitative estimate of drug-likeness (QED) is 0.888. The fourth-order valence-electron chi connectivity index (χ4n) is 2.38. The average molecular weight is 289 g/mol. The van der Waals surface area contributed by atoms with E-state index in [1.165, 1.54) is 0 Å². The number of furan rings is 1. The Morgan fingerprint density at radius 3 is 2.80 bits per heavy atom. The first-order chi connectivity index (χ1) is 9.75. The highest BCUT2D eigenvalue weighted by Crippen LogP contribution is 2.27. The van der Waals surface area contributed by atoms with Crippen molar-refractivity contribution in [3.63, 3.8) is 0 Å². The molecule has 4 heteroatoms. The molecule has 3 nitrogen and oxygen atoms in total. The second-order valence-electron chi connectivity index (χ2n) is 5.26. The summed E-state index contributed by atoms with van der Waals surface area (Å²) in [6, 6.07) is 14.1. The maximum Gasteiger partial charge on any atom is 0.134 e. The summed E-state index contributed by atoms with van der Waals surface area (Å²) in [6.07, 6.45) is 0.873. The van der Waals surface area contributed by atoms with Crippen molar-refractivity contribution in [3.8, 4) is 11.3 Å². The summed E-state index contributed by atoms with van der Waals surface area (Å²) in [5.74, 6) is 3.67. The molecule has 1 saturated heterocycles. The lowest BCUT2D eigenvalue weighted by molar-refractivity contribution is 0.0670. The molecule has 1 atom stereocenters. The van der Waals surface area contributed by atoms with Gasteiger partial charge in [-0.2, -0.15) is 11.8 Å². The van der Waals surface area contributed by atoms with Crippen LogP contribution < -0.4 is 5.32 Å². The third-order valence-corrected chi connectivity index (χ3v) is 4.79. The number of aliphatic hydroxyl groups is 1. The second-order valence-corrected chi connectivity index (χ2v) is 6.37. The van der Waals surface area contributed by atoms with Gasteiger partial charge in [0.25, 0.3) is 0 Å². The van der Waals surface area contributed by atoms with Gasteiger partial charge < -0.3 is 14.8 Å². The molecule has 2 heterocycles. The summed E-state index contributed by atoms with van der Waals surface area (Å²) in [7, 11) is 0. The van der Waals surface area contributed by atoms with Crippen LogP contribution in [0.15, 0.2) is 46.9 Å². The number of hydrogen-bond acceptors (Lipinski definition) is 4. The zero-order valence-corrected chi connectivity index (χ0v) is 12.2. The molecule has 0 spiro atoms. The van der Waals surface area contributed by atoms with E-state index in [9.17, 15) is 5.11 Å². The van der Waals surface area contributed by atoms with Gasteiger partial charge in [-0.05, 0) is 24.3 Å². The van der Waals surface area contributed by atoms with Crippen LogP contribution in [0.2, 0.25) is 0 Å². The standard InChI is InChI=1S/C16H19NO2S/c18-16(8-9-20-12-16)11-17-10-14-6-7-15(19-14)13-4-2-1-3-5-13/h1-7,17-18H,8-12H2. The summed E-state index contributed by atoms with van der Waals surface area (Å²) < 4.78 is 5.82. The summed E-state index contributed by atoms with van der Waals surface area (Å²) in [6.45, 7) is 1.28. The molecule has 0 radical (unpaired) electrons. The monoisotopic (exact) mass is 289 g/mol. The predicted molar refractivity (Wildman–Crippen MR) is 82.7 cm³/mol. The SMILES string of the molecule is OC1(CNCc2ccc(-c3ccccc3)o2)CCSC1. The van der Waals surface area contributed by atoms with E-state index in [0.717, 1.165) is 35.0 Å². The van der Waals surface area contributed by atoms with Gasteiger partial charge in [-0.1, -0.05) is 30.3 Å². The maximum atomic E-state index is 10.2. The molecule has 0 saturated carbocycles. The van der Waals surface area contributed by atoms with Gasteiger partial charge in [-0.15, -0.1) is 0 Å². The minimum atomic E-state index is -0.542. The zero-order chi connectivity index (χ0) is 13.8. The number of hydrogen-bond donors (Lipinski definition) is 2. The minimum Gasteiger partial charge on any atom is -0.460 e. The minimum absolute atomic E-state index is 0.542. The van der Waals surface area contributed by atoms with Crippen LogP contribution in [0.1, 0.15) is 12.2 Å². The predicted octanol–water partition coefficient (Wildman–Crippen LogP) is 2.90. The van der Waals surface area contributed by atoms with Crippen molar-refractivity contribution in [2.24, 2.45) is 0 Å². The van der Waals surface area contributed by atoms with Crippen LogP contribution in [0.25, 0.3) is 11.3 Å². The summed E-state index contributed by atoms with van der Waals surface area (Å²) in [5, 5.41) is 13.5. The van der Waals surface area contributed by atoms with E-state index in [-0.39, 0.29) is 0 Å². The van der Waals surface area contributed by atoms with Gasteiger partial charge in [0.05, 0.1) is 12.1 Å². The van der Waals surface area contributed by atoms with Crippen molar-refractivity contribution in [1.82, 2.24) is 5.32 Å². The molecule has 3 rings (SSSR count). The molecule has 2 aromatic rings. The number of rotatable bonds is 5. The Kier molecular flexibility index (Phi) is 4.15. The van der Waals surface area contributed by atoms with E-state index in [2.05, 4.69) is 5.32 Å². The summed E-state index contributed by atoms with van der Waals surface area (Å²) in [4.78, 5) is 0. The van der Waals surface area contributed by atoms with E-state index in [0.29, 0.717) is 13.1 Å². The van der Waals surface area contributed by atoms with Crippen molar-refractivity contribution < 1.29 is 9.52 Å². The van der Waals surface area contributed by atoms with Gasteiger partial charge in [0, 0.05) is 17.9 Å². The second kappa shape index (κ2) is 6.04. The Morgan fingerprint density at radius 1 is 1.20 bits per heavy atom. The first-order valence-corrected chi connectivity index (χ1v) is 8.06. The molecule has 1 unspecified atom stereocenters. The molecule has 106 valence electrons. The lowest BCUT2D eigenvalue weighted by atomic mass is 10.0. The third-order valence-electron chi connectivity index (χ3n) is 3.56. The molecule has 2 N–H and O–H groups in total. The highest BCUT2D eigenvalue weighted by molar-refractivity contribution is 7.99. The van der Waals surface area contributed by atoms with Gasteiger partial charge in [0.1, 0.15) is 11.5 Å². The molecule has 1 aliphatic heterocycles. The highest BCUT2D eigenvalue weighted by atomic mass is 32.2. The molecule has 0 amide bonds. The van der Waals surface area contributed by atoms with Crippen LogP contribution in [-0.4, -0.2) is 28.8 Å². The zero-order valence-electron chi connectivity index (χ0n) is 11.3. The van der Waals surface area contributed by atoms with Crippen molar-refractivity contribution in [3.05, 3.63) is 48.2 Å². The molecule has 0 aliphatic carbocycles. The Morgan fingerprint density at radius 2 is 2.05 bits per heavy atom. The Labute approximate surface area is 123 Å². The first-order valence-electron chi connectivity index (χ1n) is 6.90. The van der Waals surface area contributed by atoms with Gasteiger partial charge in [-0.25, -0.2) is 0 Å². The van der Waals surface area contributed by atoms with Crippen molar-refractivity contribution in [1.29, 1.82) is 0 Å². The Hall–Kier alpha value is -1.23. The van der Waals surface area contributed by atoms with E-state index in [4.69, 9.17) is 4.42 Å². The average Bonchev–Trinajstić information content (AvgIpc) is 3.10. The third kappa shape index (κ3) is 3.26. The number of thioether (sulfide) groups is 1. The van der Waals surface area contributed by atoms with Crippen LogP contribution in [0.5, 0.6) is 0 Å². The van der Waals surface area contributed by atoms with Crippen LogP contribution in [0.3, 0.4) is 0 Å². The number of nitrogens with one attached hydrogen (secondary N) is 1. The molecular formula is C16H19NO2S. The number of benzene rings is 1. The summed E-state index contributed by atoms with van der Waals surface area (Å²) in [5.41, 5.74) is 0.545. The van der Waals surface area contributed by atoms with E-state index in [1.54, 1.807) is 0 Å².